The van der Waals surface area contributed by atoms with E-state index in [2.05, 4.69) is 15.9 Å². The van der Waals surface area contributed by atoms with Gasteiger partial charge in [0.05, 0.1) is 4.47 Å². The monoisotopic (exact) mass is 242 g/mol. The molecule has 1 N–H and O–H groups in total. The minimum atomic E-state index is -0.979. The van der Waals surface area contributed by atoms with Gasteiger partial charge in [0.25, 0.3) is 0 Å². The molecule has 2 nitrogen and oxygen atoms in total. The number of fused-ring (bicyclic) bond motifs is 1. The zero-order valence-corrected chi connectivity index (χ0v) is 8.08. The van der Waals surface area contributed by atoms with Crippen molar-refractivity contribution in [1.82, 2.24) is 0 Å². The minimum absolute atomic E-state index is 0.357. The minimum Gasteiger partial charge on any atom is -0.532 e. The van der Waals surface area contributed by atoms with Crippen molar-refractivity contribution >= 4 is 29.1 Å². The standard InChI is InChI=1S/C8H5BBrFO2/c10-6-3-5-1-2-9(12)13-8(5)4-7(6)11/h1-4,12H. The smallest absolute Gasteiger partial charge is 0.532 e. The molecule has 66 valence electrons. The number of hydrogen-bond acceptors (Lipinski definition) is 2. The van der Waals surface area contributed by atoms with E-state index < -0.39 is 12.9 Å². The van der Waals surface area contributed by atoms with E-state index in [0.717, 1.165) is 5.56 Å². The molecule has 1 heterocycles. The van der Waals surface area contributed by atoms with Crippen molar-refractivity contribution in [2.45, 2.75) is 0 Å². The molecule has 0 bridgehead atoms. The summed E-state index contributed by atoms with van der Waals surface area (Å²) in [4.78, 5) is 0. The molecule has 5 heteroatoms. The predicted octanol–water partition coefficient (Wildman–Crippen LogP) is 2.01. The maximum absolute atomic E-state index is 13.0. The summed E-state index contributed by atoms with van der Waals surface area (Å²) in [5.41, 5.74) is 0.749. The van der Waals surface area contributed by atoms with Gasteiger partial charge in [-0.2, -0.15) is 0 Å². The summed E-state index contributed by atoms with van der Waals surface area (Å²) in [7, 11) is -0.979. The molecular formula is C8H5BBrFO2. The van der Waals surface area contributed by atoms with Crippen LogP contribution in [0.25, 0.3) is 6.08 Å². The van der Waals surface area contributed by atoms with Crippen LogP contribution >= 0.6 is 15.9 Å². The number of benzene rings is 1. The number of hydrogen-bond donors (Lipinski definition) is 1. The summed E-state index contributed by atoms with van der Waals surface area (Å²) in [6, 6.07) is 2.85. The topological polar surface area (TPSA) is 29.5 Å². The van der Waals surface area contributed by atoms with Gasteiger partial charge in [-0.1, -0.05) is 6.08 Å². The molecule has 0 unspecified atom stereocenters. The molecule has 1 aromatic carbocycles. The molecule has 1 aliphatic rings. The molecular weight excluding hydrogens is 238 g/mol. The van der Waals surface area contributed by atoms with E-state index in [1.165, 1.54) is 12.0 Å². The van der Waals surface area contributed by atoms with E-state index in [0.29, 0.717) is 10.2 Å². The van der Waals surface area contributed by atoms with Crippen LogP contribution < -0.4 is 4.65 Å². The van der Waals surface area contributed by atoms with Gasteiger partial charge in [-0.3, -0.25) is 0 Å². The highest BCUT2D eigenvalue weighted by Gasteiger charge is 2.19. The van der Waals surface area contributed by atoms with Gasteiger partial charge in [0, 0.05) is 11.6 Å². The Morgan fingerprint density at radius 1 is 1.46 bits per heavy atom. The highest BCUT2D eigenvalue weighted by molar-refractivity contribution is 9.10. The Balaban J connectivity index is 2.52. The molecule has 1 aliphatic heterocycles. The molecule has 0 aliphatic carbocycles. The van der Waals surface area contributed by atoms with Gasteiger partial charge < -0.3 is 9.68 Å². The average molecular weight is 243 g/mol. The zero-order valence-electron chi connectivity index (χ0n) is 6.50. The summed E-state index contributed by atoms with van der Waals surface area (Å²) in [5.74, 6) is 1.45. The Kier molecular flexibility index (Phi) is 2.13. The van der Waals surface area contributed by atoms with Crippen molar-refractivity contribution in [3.8, 4) is 5.75 Å². The Hall–Kier alpha value is -0.805. The quantitative estimate of drug-likeness (QED) is 0.706. The van der Waals surface area contributed by atoms with Gasteiger partial charge >= 0.3 is 7.12 Å². The van der Waals surface area contributed by atoms with Crippen molar-refractivity contribution < 1.29 is 14.1 Å². The Labute approximate surface area is 83.3 Å². The fourth-order valence-corrected chi connectivity index (χ4v) is 1.49. The van der Waals surface area contributed by atoms with E-state index in [1.807, 2.05) is 0 Å². The summed E-state index contributed by atoms with van der Waals surface area (Å²) < 4.78 is 18.4. The van der Waals surface area contributed by atoms with E-state index in [-0.39, 0.29) is 0 Å². The third-order valence-corrected chi connectivity index (χ3v) is 2.35. The molecule has 0 radical (unpaired) electrons. The van der Waals surface area contributed by atoms with Crippen LogP contribution in [0.4, 0.5) is 4.39 Å². The van der Waals surface area contributed by atoms with Crippen LogP contribution in [0.3, 0.4) is 0 Å². The SMILES string of the molecule is OB1C=Cc2cc(Br)c(F)cc2O1. The Morgan fingerprint density at radius 3 is 3.00 bits per heavy atom. The van der Waals surface area contributed by atoms with Gasteiger partial charge in [-0.15, -0.1) is 0 Å². The van der Waals surface area contributed by atoms with Crippen LogP contribution in [-0.2, 0) is 0 Å². The van der Waals surface area contributed by atoms with Crippen LogP contribution in [0.1, 0.15) is 5.56 Å². The molecule has 2 rings (SSSR count). The summed E-state index contributed by atoms with van der Waals surface area (Å²) in [5, 5.41) is 9.07. The predicted molar refractivity (Wildman–Crippen MR) is 51.7 cm³/mol. The van der Waals surface area contributed by atoms with Gasteiger partial charge in [0.1, 0.15) is 11.6 Å². The molecule has 0 aromatic heterocycles. The lowest BCUT2D eigenvalue weighted by Gasteiger charge is -2.15. The zero-order chi connectivity index (χ0) is 9.42. The normalized spacial score (nSPS) is 13.9. The number of rotatable bonds is 0. The first kappa shape index (κ1) is 8.78. The Bertz CT molecular complexity index is 381. The fourth-order valence-electron chi connectivity index (χ4n) is 1.13. The maximum atomic E-state index is 13.0. The van der Waals surface area contributed by atoms with Crippen molar-refractivity contribution in [2.24, 2.45) is 0 Å². The second-order valence-corrected chi connectivity index (χ2v) is 3.53. The fraction of sp³-hybridized carbons (Fsp3) is 0. The van der Waals surface area contributed by atoms with Crippen LogP contribution in [0.2, 0.25) is 0 Å². The van der Waals surface area contributed by atoms with Crippen molar-refractivity contribution in [2.75, 3.05) is 0 Å². The molecule has 0 fully saturated rings. The maximum Gasteiger partial charge on any atom is 0.552 e. The molecule has 0 spiro atoms. The highest BCUT2D eigenvalue weighted by atomic mass is 79.9. The van der Waals surface area contributed by atoms with Crippen molar-refractivity contribution in [3.63, 3.8) is 0 Å². The van der Waals surface area contributed by atoms with E-state index >= 15 is 0 Å². The van der Waals surface area contributed by atoms with Gasteiger partial charge in [0.2, 0.25) is 0 Å². The first-order chi connectivity index (χ1) is 6.16. The lowest BCUT2D eigenvalue weighted by Crippen LogP contribution is -2.21. The molecule has 0 saturated carbocycles. The summed E-state index contributed by atoms with van der Waals surface area (Å²) in [6.45, 7) is 0. The largest absolute Gasteiger partial charge is 0.552 e. The molecule has 13 heavy (non-hydrogen) atoms. The van der Waals surface area contributed by atoms with Gasteiger partial charge in [-0.05, 0) is 28.0 Å². The van der Waals surface area contributed by atoms with E-state index in [9.17, 15) is 4.39 Å². The van der Waals surface area contributed by atoms with Crippen LogP contribution in [-0.4, -0.2) is 12.1 Å². The second kappa shape index (κ2) is 3.16. The van der Waals surface area contributed by atoms with Crippen LogP contribution in [0.15, 0.2) is 22.6 Å². The van der Waals surface area contributed by atoms with Crippen molar-refractivity contribution in [3.05, 3.63) is 34.0 Å². The average Bonchev–Trinajstić information content (AvgIpc) is 2.08. The molecule has 0 saturated heterocycles. The first-order valence-corrected chi connectivity index (χ1v) is 4.48. The first-order valence-electron chi connectivity index (χ1n) is 3.69. The van der Waals surface area contributed by atoms with Crippen LogP contribution in [0, 0.1) is 5.82 Å². The Morgan fingerprint density at radius 2 is 2.23 bits per heavy atom. The lowest BCUT2D eigenvalue weighted by atomic mass is 9.86. The van der Waals surface area contributed by atoms with Gasteiger partial charge in [-0.25, -0.2) is 4.39 Å². The number of halogens is 2. The summed E-state index contributed by atoms with van der Waals surface area (Å²) in [6.07, 6.45) is 1.69. The van der Waals surface area contributed by atoms with Crippen molar-refractivity contribution in [1.29, 1.82) is 0 Å². The summed E-state index contributed by atoms with van der Waals surface area (Å²) >= 11 is 3.06. The van der Waals surface area contributed by atoms with E-state index in [1.54, 1.807) is 12.1 Å². The highest BCUT2D eigenvalue weighted by Crippen LogP contribution is 2.29. The molecule has 0 amide bonds. The molecule has 0 atom stereocenters. The lowest BCUT2D eigenvalue weighted by molar-refractivity contribution is 0.426. The third kappa shape index (κ3) is 1.62. The van der Waals surface area contributed by atoms with E-state index in [4.69, 9.17) is 9.68 Å². The third-order valence-electron chi connectivity index (χ3n) is 1.74. The van der Waals surface area contributed by atoms with Crippen LogP contribution in [0.5, 0.6) is 5.75 Å². The van der Waals surface area contributed by atoms with Gasteiger partial charge in [0.15, 0.2) is 0 Å². The molecule has 1 aromatic rings. The second-order valence-electron chi connectivity index (χ2n) is 2.67.